The highest BCUT2D eigenvalue weighted by molar-refractivity contribution is 5.97. The highest BCUT2D eigenvalue weighted by Crippen LogP contribution is 1.83. The van der Waals surface area contributed by atoms with Gasteiger partial charge in [0.15, 0.2) is 5.78 Å². The molecule has 0 aromatic rings. The third kappa shape index (κ3) is 20.8. The highest BCUT2D eigenvalue weighted by atomic mass is 16.5. The predicted molar refractivity (Wildman–Crippen MR) is 72.0 cm³/mol. The SMILES string of the molecule is CC.CC.CCC(=O)/C=C/C(=O)NCCOC. The summed E-state index contributed by atoms with van der Waals surface area (Å²) in [5, 5.41) is 2.56. The third-order valence-electron chi connectivity index (χ3n) is 1.37. The van der Waals surface area contributed by atoms with Crippen molar-refractivity contribution in [2.75, 3.05) is 20.3 Å². The first-order valence-electron chi connectivity index (χ1n) is 6.18. The monoisotopic (exact) mass is 245 g/mol. The molecule has 0 radical (unpaired) electrons. The second kappa shape index (κ2) is 20.3. The van der Waals surface area contributed by atoms with E-state index in [1.165, 1.54) is 12.2 Å². The molecule has 0 aliphatic carbocycles. The maximum absolute atomic E-state index is 10.9. The Hall–Kier alpha value is -1.16. The van der Waals surface area contributed by atoms with Crippen LogP contribution in [0.3, 0.4) is 0 Å². The number of carbonyl (C=O) groups is 2. The van der Waals surface area contributed by atoms with E-state index in [1.807, 2.05) is 27.7 Å². The van der Waals surface area contributed by atoms with Crippen LogP contribution in [0.15, 0.2) is 12.2 Å². The second-order valence-corrected chi connectivity index (χ2v) is 2.44. The Morgan fingerprint density at radius 2 is 1.65 bits per heavy atom. The van der Waals surface area contributed by atoms with E-state index in [9.17, 15) is 9.59 Å². The summed E-state index contributed by atoms with van der Waals surface area (Å²) in [5.41, 5.74) is 0. The fourth-order valence-corrected chi connectivity index (χ4v) is 0.622. The van der Waals surface area contributed by atoms with Crippen LogP contribution < -0.4 is 5.32 Å². The molecule has 102 valence electrons. The lowest BCUT2D eigenvalue weighted by atomic mass is 10.3. The Kier molecular flexibility index (Phi) is 25.2. The van der Waals surface area contributed by atoms with Gasteiger partial charge in [-0.1, -0.05) is 34.6 Å². The van der Waals surface area contributed by atoms with Crippen molar-refractivity contribution in [1.82, 2.24) is 5.32 Å². The van der Waals surface area contributed by atoms with Crippen LogP contribution >= 0.6 is 0 Å². The maximum atomic E-state index is 10.9. The van der Waals surface area contributed by atoms with Gasteiger partial charge in [-0.25, -0.2) is 0 Å². The van der Waals surface area contributed by atoms with Gasteiger partial charge in [0.25, 0.3) is 0 Å². The van der Waals surface area contributed by atoms with Crippen LogP contribution in [0, 0.1) is 0 Å². The number of hydrogen-bond acceptors (Lipinski definition) is 3. The minimum atomic E-state index is -0.265. The van der Waals surface area contributed by atoms with Crippen LogP contribution in [0.5, 0.6) is 0 Å². The standard InChI is InChI=1S/C9H15NO3.2C2H6/c1-3-8(11)4-5-9(12)10-6-7-13-2;2*1-2/h4-5H,3,6-7H2,1-2H3,(H,10,12);2*1-2H3/b5-4+;;. The predicted octanol–water partition coefficient (Wildman–Crippen LogP) is 2.34. The number of rotatable bonds is 6. The normalized spacial score (nSPS) is 8.59. The van der Waals surface area contributed by atoms with E-state index in [-0.39, 0.29) is 11.7 Å². The van der Waals surface area contributed by atoms with Crippen LogP contribution in [-0.4, -0.2) is 32.0 Å². The molecule has 0 aliphatic heterocycles. The molecule has 1 N–H and O–H groups in total. The molecule has 0 aromatic heterocycles. The van der Waals surface area contributed by atoms with Gasteiger partial charge in [-0.05, 0) is 6.08 Å². The molecule has 0 saturated heterocycles. The maximum Gasteiger partial charge on any atom is 0.244 e. The minimum absolute atomic E-state index is 0.0538. The summed E-state index contributed by atoms with van der Waals surface area (Å²) in [6, 6.07) is 0. The van der Waals surface area contributed by atoms with Crippen LogP contribution in [0.2, 0.25) is 0 Å². The molecule has 0 heterocycles. The quantitative estimate of drug-likeness (QED) is 0.577. The lowest BCUT2D eigenvalue weighted by Gasteiger charge is -1.99. The molecule has 4 heteroatoms. The molecule has 0 aliphatic rings. The first-order valence-corrected chi connectivity index (χ1v) is 6.18. The lowest BCUT2D eigenvalue weighted by Crippen LogP contribution is -2.25. The number of allylic oxidation sites excluding steroid dienone is 1. The van der Waals surface area contributed by atoms with E-state index in [2.05, 4.69) is 5.32 Å². The van der Waals surface area contributed by atoms with Crippen LogP contribution in [0.1, 0.15) is 41.0 Å². The zero-order valence-electron chi connectivity index (χ0n) is 12.0. The van der Waals surface area contributed by atoms with Crippen LogP contribution in [-0.2, 0) is 14.3 Å². The van der Waals surface area contributed by atoms with E-state index >= 15 is 0 Å². The Balaban J connectivity index is -0.000000439. The van der Waals surface area contributed by atoms with Gasteiger partial charge in [0, 0.05) is 26.2 Å². The van der Waals surface area contributed by atoms with E-state index < -0.39 is 0 Å². The van der Waals surface area contributed by atoms with Gasteiger partial charge in [0.2, 0.25) is 5.91 Å². The highest BCUT2D eigenvalue weighted by Gasteiger charge is 1.95. The second-order valence-electron chi connectivity index (χ2n) is 2.44. The van der Waals surface area contributed by atoms with E-state index in [1.54, 1.807) is 14.0 Å². The zero-order chi connectivity index (χ0) is 14.1. The van der Waals surface area contributed by atoms with E-state index in [0.29, 0.717) is 19.6 Å². The Morgan fingerprint density at radius 1 is 1.12 bits per heavy atom. The van der Waals surface area contributed by atoms with Crippen molar-refractivity contribution in [1.29, 1.82) is 0 Å². The van der Waals surface area contributed by atoms with E-state index in [4.69, 9.17) is 4.74 Å². The van der Waals surface area contributed by atoms with E-state index in [0.717, 1.165) is 0 Å². The number of nitrogens with one attached hydrogen (secondary N) is 1. The fourth-order valence-electron chi connectivity index (χ4n) is 0.622. The molecule has 0 atom stereocenters. The van der Waals surface area contributed by atoms with Gasteiger partial charge in [-0.2, -0.15) is 0 Å². The molecule has 0 fully saturated rings. The summed E-state index contributed by atoms with van der Waals surface area (Å²) in [4.78, 5) is 21.7. The molecule has 0 bridgehead atoms. The molecule has 0 aromatic carbocycles. The molecule has 1 amide bonds. The van der Waals surface area contributed by atoms with Gasteiger partial charge in [0.1, 0.15) is 0 Å². The van der Waals surface area contributed by atoms with Gasteiger partial charge in [-0.3, -0.25) is 9.59 Å². The number of ether oxygens (including phenoxy) is 1. The van der Waals surface area contributed by atoms with Gasteiger partial charge < -0.3 is 10.1 Å². The summed E-state index contributed by atoms with van der Waals surface area (Å²) in [7, 11) is 1.56. The average Bonchev–Trinajstić information content (AvgIpc) is 2.41. The Morgan fingerprint density at radius 3 is 2.06 bits per heavy atom. The summed E-state index contributed by atoms with van der Waals surface area (Å²) < 4.78 is 4.73. The number of hydrogen-bond donors (Lipinski definition) is 1. The first-order chi connectivity index (χ1) is 8.20. The van der Waals surface area contributed by atoms with Crippen molar-refractivity contribution < 1.29 is 14.3 Å². The Bertz CT molecular complexity index is 201. The molecular weight excluding hydrogens is 218 g/mol. The molecule has 0 spiro atoms. The molecule has 17 heavy (non-hydrogen) atoms. The van der Waals surface area contributed by atoms with Crippen molar-refractivity contribution in [3.05, 3.63) is 12.2 Å². The molecule has 0 unspecified atom stereocenters. The van der Waals surface area contributed by atoms with Crippen molar-refractivity contribution in [2.45, 2.75) is 41.0 Å². The summed E-state index contributed by atoms with van der Waals surface area (Å²) >= 11 is 0. The van der Waals surface area contributed by atoms with Crippen molar-refractivity contribution in [2.24, 2.45) is 0 Å². The summed E-state index contributed by atoms with van der Waals surface area (Å²) in [6.45, 7) is 10.7. The number of carbonyl (C=O) groups excluding carboxylic acids is 2. The largest absolute Gasteiger partial charge is 0.383 e. The minimum Gasteiger partial charge on any atom is -0.383 e. The molecule has 0 rings (SSSR count). The molecule has 4 nitrogen and oxygen atoms in total. The lowest BCUT2D eigenvalue weighted by molar-refractivity contribution is -0.118. The first kappa shape index (κ1) is 21.2. The van der Waals surface area contributed by atoms with Crippen molar-refractivity contribution in [3.63, 3.8) is 0 Å². The van der Waals surface area contributed by atoms with Gasteiger partial charge >= 0.3 is 0 Å². The van der Waals surface area contributed by atoms with Gasteiger partial charge in [0.05, 0.1) is 6.61 Å². The third-order valence-corrected chi connectivity index (χ3v) is 1.37. The van der Waals surface area contributed by atoms with Crippen LogP contribution in [0.25, 0.3) is 0 Å². The van der Waals surface area contributed by atoms with Crippen molar-refractivity contribution >= 4 is 11.7 Å². The number of amides is 1. The van der Waals surface area contributed by atoms with Crippen LogP contribution in [0.4, 0.5) is 0 Å². The smallest absolute Gasteiger partial charge is 0.244 e. The van der Waals surface area contributed by atoms with Gasteiger partial charge in [-0.15, -0.1) is 0 Å². The fraction of sp³-hybridized carbons (Fsp3) is 0.692. The molecular formula is C13H27NO3. The summed E-state index contributed by atoms with van der Waals surface area (Å²) in [5.74, 6) is -0.319. The number of ketones is 1. The van der Waals surface area contributed by atoms with Crippen molar-refractivity contribution in [3.8, 4) is 0 Å². The summed E-state index contributed by atoms with van der Waals surface area (Å²) in [6.07, 6.45) is 2.94. The average molecular weight is 245 g/mol. The number of methoxy groups -OCH3 is 1. The Labute approximate surface area is 105 Å². The molecule has 0 saturated carbocycles. The zero-order valence-corrected chi connectivity index (χ0v) is 12.0. The topological polar surface area (TPSA) is 55.4 Å².